The van der Waals surface area contributed by atoms with E-state index in [2.05, 4.69) is 5.16 Å². The Balaban J connectivity index is 3.48. The summed E-state index contributed by atoms with van der Waals surface area (Å²) in [7, 11) is 1.65. The van der Waals surface area contributed by atoms with Crippen molar-refractivity contribution >= 4 is 5.84 Å². The zero-order valence-electron chi connectivity index (χ0n) is 9.30. The van der Waals surface area contributed by atoms with Gasteiger partial charge in [-0.15, -0.1) is 0 Å². The molecule has 96 valence electrons. The molecular weight excluding hydrogens is 223 g/mol. The molecule has 0 aromatic heterocycles. The van der Waals surface area contributed by atoms with Crippen LogP contribution in [0.25, 0.3) is 0 Å². The van der Waals surface area contributed by atoms with Gasteiger partial charge in [-0.2, -0.15) is 13.2 Å². The number of hydrogen-bond acceptors (Lipinski definition) is 3. The number of unbranched alkanes of at least 4 members (excludes halogenated alkanes) is 1. The molecule has 0 radical (unpaired) electrons. The molecule has 0 fully saturated rings. The lowest BCUT2D eigenvalue weighted by Gasteiger charge is -2.17. The van der Waals surface area contributed by atoms with Crippen molar-refractivity contribution in [3.05, 3.63) is 0 Å². The molecule has 0 aliphatic rings. The lowest BCUT2D eigenvalue weighted by molar-refractivity contribution is -0.137. The van der Waals surface area contributed by atoms with E-state index < -0.39 is 12.6 Å². The third-order valence-electron chi connectivity index (χ3n) is 2.13. The number of rotatable bonds is 7. The van der Waals surface area contributed by atoms with Crippen LogP contribution in [0.15, 0.2) is 5.16 Å². The van der Waals surface area contributed by atoms with Gasteiger partial charge in [0.25, 0.3) is 0 Å². The number of amidine groups is 1. The molecule has 4 nitrogen and oxygen atoms in total. The molecule has 0 rings (SSSR count). The Morgan fingerprint density at radius 2 is 1.94 bits per heavy atom. The van der Waals surface area contributed by atoms with Crippen molar-refractivity contribution < 1.29 is 18.4 Å². The van der Waals surface area contributed by atoms with Crippen LogP contribution in [0.3, 0.4) is 0 Å². The highest BCUT2D eigenvalue weighted by molar-refractivity contribution is 5.79. The summed E-state index contributed by atoms with van der Waals surface area (Å²) >= 11 is 0. The molecule has 0 aliphatic carbocycles. The summed E-state index contributed by atoms with van der Waals surface area (Å²) in [5.74, 6) is 0.151. The Morgan fingerprint density at radius 1 is 1.31 bits per heavy atom. The fourth-order valence-corrected chi connectivity index (χ4v) is 1.17. The zero-order valence-corrected chi connectivity index (χ0v) is 9.30. The van der Waals surface area contributed by atoms with Crippen LogP contribution in [-0.2, 0) is 0 Å². The van der Waals surface area contributed by atoms with E-state index in [4.69, 9.17) is 10.9 Å². The molecule has 0 bridgehead atoms. The fraction of sp³-hybridized carbons (Fsp3) is 0.889. The number of oxime groups is 1. The summed E-state index contributed by atoms with van der Waals surface area (Å²) in [4.78, 5) is 1.62. The lowest BCUT2D eigenvalue weighted by Crippen LogP contribution is -2.25. The summed E-state index contributed by atoms with van der Waals surface area (Å²) < 4.78 is 35.6. The topological polar surface area (TPSA) is 61.8 Å². The number of nitrogens with two attached hydrogens (primary N) is 1. The molecule has 0 unspecified atom stereocenters. The highest BCUT2D eigenvalue weighted by Crippen LogP contribution is 2.19. The summed E-state index contributed by atoms with van der Waals surface area (Å²) in [6, 6.07) is 0. The first kappa shape index (κ1) is 15.0. The smallest absolute Gasteiger partial charge is 0.390 e. The van der Waals surface area contributed by atoms with Crippen LogP contribution >= 0.6 is 0 Å². The second kappa shape index (κ2) is 7.32. The summed E-state index contributed by atoms with van der Waals surface area (Å²) in [6.45, 7) is 0.585. The van der Waals surface area contributed by atoms with Crippen LogP contribution in [0.5, 0.6) is 0 Å². The van der Waals surface area contributed by atoms with Crippen LogP contribution in [0, 0.1) is 0 Å². The van der Waals surface area contributed by atoms with Gasteiger partial charge in [-0.1, -0.05) is 5.16 Å². The summed E-state index contributed by atoms with van der Waals surface area (Å²) in [5, 5.41) is 11.1. The Labute approximate surface area is 92.9 Å². The molecule has 0 amide bonds. The Hall–Kier alpha value is -0.980. The maximum Gasteiger partial charge on any atom is 0.390 e. The molecule has 16 heavy (non-hydrogen) atoms. The van der Waals surface area contributed by atoms with Gasteiger partial charge in [-0.25, -0.2) is 0 Å². The van der Waals surface area contributed by atoms with E-state index in [-0.39, 0.29) is 12.4 Å². The van der Waals surface area contributed by atoms with Gasteiger partial charge in [-0.05, 0) is 26.4 Å². The Morgan fingerprint density at radius 3 is 2.44 bits per heavy atom. The Kier molecular flexibility index (Phi) is 6.87. The minimum atomic E-state index is -4.10. The molecule has 0 aromatic carbocycles. The normalized spacial score (nSPS) is 13.4. The van der Waals surface area contributed by atoms with Gasteiger partial charge in [0, 0.05) is 13.0 Å². The maximum absolute atomic E-state index is 11.9. The van der Waals surface area contributed by atoms with E-state index in [9.17, 15) is 13.2 Å². The highest BCUT2D eigenvalue weighted by atomic mass is 19.4. The van der Waals surface area contributed by atoms with E-state index >= 15 is 0 Å². The summed E-state index contributed by atoms with van der Waals surface area (Å²) in [5.41, 5.74) is 5.24. The quantitative estimate of drug-likeness (QED) is 0.235. The van der Waals surface area contributed by atoms with E-state index in [0.717, 1.165) is 6.42 Å². The summed E-state index contributed by atoms with van der Waals surface area (Å²) in [6.07, 6.45) is -2.99. The van der Waals surface area contributed by atoms with Gasteiger partial charge in [0.05, 0.1) is 6.42 Å². The van der Waals surface area contributed by atoms with E-state index in [1.54, 1.807) is 11.9 Å². The molecular formula is C9H18F3N3O. The van der Waals surface area contributed by atoms with E-state index in [0.29, 0.717) is 19.4 Å². The SMILES string of the molecule is CN(CCCCC(N)=NO)CCC(F)(F)F. The zero-order chi connectivity index (χ0) is 12.6. The molecule has 0 heterocycles. The van der Waals surface area contributed by atoms with Crippen LogP contribution in [0.2, 0.25) is 0 Å². The van der Waals surface area contributed by atoms with Crippen LogP contribution in [0.1, 0.15) is 25.7 Å². The minimum absolute atomic E-state index is 0.00702. The van der Waals surface area contributed by atoms with Gasteiger partial charge in [0.1, 0.15) is 5.84 Å². The van der Waals surface area contributed by atoms with Gasteiger partial charge < -0.3 is 15.8 Å². The average molecular weight is 241 g/mol. The monoisotopic (exact) mass is 241 g/mol. The molecule has 3 N–H and O–H groups in total. The number of halogens is 3. The standard InChI is InChI=1S/C9H18F3N3O/c1-15(7-5-9(10,11)12)6-3-2-4-8(13)14-16/h16H,2-7H2,1H3,(H2,13,14). The predicted octanol–water partition coefficient (Wildman–Crippen LogP) is 1.79. The van der Waals surface area contributed by atoms with Gasteiger partial charge in [0.2, 0.25) is 0 Å². The number of hydrogen-bond donors (Lipinski definition) is 2. The molecule has 0 aliphatic heterocycles. The lowest BCUT2D eigenvalue weighted by atomic mass is 10.2. The third-order valence-corrected chi connectivity index (χ3v) is 2.13. The fourth-order valence-electron chi connectivity index (χ4n) is 1.17. The first-order chi connectivity index (χ1) is 7.35. The van der Waals surface area contributed by atoms with Crippen molar-refractivity contribution in [2.24, 2.45) is 10.9 Å². The molecule has 0 saturated carbocycles. The number of alkyl halides is 3. The van der Waals surface area contributed by atoms with Crippen LogP contribution < -0.4 is 5.73 Å². The Bertz CT molecular complexity index is 219. The maximum atomic E-state index is 11.9. The van der Waals surface area contributed by atoms with Gasteiger partial charge >= 0.3 is 6.18 Å². The van der Waals surface area contributed by atoms with Crippen molar-refractivity contribution in [2.75, 3.05) is 20.1 Å². The van der Waals surface area contributed by atoms with Crippen molar-refractivity contribution in [3.8, 4) is 0 Å². The van der Waals surface area contributed by atoms with E-state index in [1.165, 1.54) is 0 Å². The molecule has 0 aromatic rings. The van der Waals surface area contributed by atoms with Crippen LogP contribution in [-0.4, -0.2) is 42.3 Å². The van der Waals surface area contributed by atoms with Crippen molar-refractivity contribution in [2.45, 2.75) is 31.9 Å². The first-order valence-corrected chi connectivity index (χ1v) is 5.07. The average Bonchev–Trinajstić information content (AvgIpc) is 2.20. The predicted molar refractivity (Wildman–Crippen MR) is 55.4 cm³/mol. The highest BCUT2D eigenvalue weighted by Gasteiger charge is 2.26. The molecule has 0 atom stereocenters. The van der Waals surface area contributed by atoms with Crippen molar-refractivity contribution in [3.63, 3.8) is 0 Å². The largest absolute Gasteiger partial charge is 0.409 e. The number of nitrogens with zero attached hydrogens (tertiary/aromatic N) is 2. The molecule has 7 heteroatoms. The van der Waals surface area contributed by atoms with Gasteiger partial charge in [0.15, 0.2) is 0 Å². The second-order valence-electron chi connectivity index (χ2n) is 3.72. The van der Waals surface area contributed by atoms with Crippen molar-refractivity contribution in [1.29, 1.82) is 0 Å². The molecule has 0 spiro atoms. The van der Waals surface area contributed by atoms with Gasteiger partial charge in [-0.3, -0.25) is 0 Å². The van der Waals surface area contributed by atoms with E-state index in [1.807, 2.05) is 0 Å². The second-order valence-corrected chi connectivity index (χ2v) is 3.72. The molecule has 0 saturated heterocycles. The van der Waals surface area contributed by atoms with Crippen molar-refractivity contribution in [1.82, 2.24) is 4.90 Å². The minimum Gasteiger partial charge on any atom is -0.409 e. The first-order valence-electron chi connectivity index (χ1n) is 5.07. The van der Waals surface area contributed by atoms with Crippen LogP contribution in [0.4, 0.5) is 13.2 Å². The third kappa shape index (κ3) is 9.57.